The second-order valence-corrected chi connectivity index (χ2v) is 25.2. The number of benzene rings is 4. The van der Waals surface area contributed by atoms with Gasteiger partial charge in [0.1, 0.15) is 17.0 Å². The van der Waals surface area contributed by atoms with Gasteiger partial charge in [-0.1, -0.05) is 40.1 Å². The molecular weight excluding hydrogens is 1220 g/mol. The van der Waals surface area contributed by atoms with E-state index in [1.165, 1.54) is 10.8 Å². The van der Waals surface area contributed by atoms with E-state index < -0.39 is 27.2 Å². The SMILES string of the molecule is CCC[I-]C.CCS(=O)(=O)Nc1nc2c(-c3c(C)ccc4ncccc34)cc(-c3c(C)noc3C)cc2[nH]1.CCS(=O)(=O)Nc1nc2c(I)cc(-c3c(C)noc3C)cc2[nH]1.Cc1ccc2ncccc2c1B(O)O. The van der Waals surface area contributed by atoms with Crippen LogP contribution in [0, 0.1) is 45.1 Å². The Morgan fingerprint density at radius 3 is 1.63 bits per heavy atom. The summed E-state index contributed by atoms with van der Waals surface area (Å²) in [5.41, 5.74) is 14.1. The maximum atomic E-state index is 12.2. The topological polar surface area (TPSA) is 268 Å². The number of aromatic nitrogens is 8. The van der Waals surface area contributed by atoms with Gasteiger partial charge in [0.2, 0.25) is 31.9 Å². The summed E-state index contributed by atoms with van der Waals surface area (Å²) in [6, 6.07) is 23.2. The number of aromatic amines is 2. The summed E-state index contributed by atoms with van der Waals surface area (Å²) in [4.78, 5) is 26.1. The van der Waals surface area contributed by atoms with Crippen LogP contribution >= 0.6 is 22.6 Å². The number of hydrogen-bond acceptors (Lipinski definition) is 14. The molecule has 0 aliphatic rings. The molecule has 18 nitrogen and oxygen atoms in total. The zero-order valence-electron chi connectivity index (χ0n) is 43.1. The minimum atomic E-state index is -3.49. The fraction of sp³-hybridized carbons (Fsp3) is 0.269. The second-order valence-electron chi connectivity index (χ2n) is 17.4. The molecule has 10 rings (SSSR count). The third-order valence-corrected chi connectivity index (χ3v) is 17.5. The first-order valence-corrected chi connectivity index (χ1v) is 31.8. The van der Waals surface area contributed by atoms with E-state index in [1.807, 2.05) is 102 Å². The molecule has 0 saturated carbocycles. The zero-order valence-corrected chi connectivity index (χ0v) is 49.0. The number of nitrogens with one attached hydrogen (secondary N) is 4. The molecule has 0 spiro atoms. The van der Waals surface area contributed by atoms with Crippen LogP contribution in [0.25, 0.3) is 77.3 Å². The summed E-state index contributed by atoms with van der Waals surface area (Å²) in [5, 5.41) is 28.3. The van der Waals surface area contributed by atoms with Crippen LogP contribution in [0.5, 0.6) is 0 Å². The molecule has 75 heavy (non-hydrogen) atoms. The zero-order chi connectivity index (χ0) is 54.4. The van der Waals surface area contributed by atoms with Gasteiger partial charge in [0.15, 0.2) is 0 Å². The van der Waals surface area contributed by atoms with Crippen LogP contribution in [0.2, 0.25) is 0 Å². The Labute approximate surface area is 460 Å². The average Bonchev–Trinajstić information content (AvgIpc) is 4.15. The maximum Gasteiger partial charge on any atom is 0.489 e. The molecule has 0 aliphatic carbocycles. The molecule has 23 heteroatoms. The van der Waals surface area contributed by atoms with E-state index >= 15 is 0 Å². The number of nitrogens with zero attached hydrogens (tertiary/aromatic N) is 6. The molecule has 0 amide bonds. The Bertz CT molecular complexity index is 3860. The first kappa shape index (κ1) is 56.7. The maximum absolute atomic E-state index is 12.2. The van der Waals surface area contributed by atoms with E-state index in [-0.39, 0.29) is 23.4 Å². The standard InChI is InChI=1S/C24H23N5O3S.C14H15IN4O3S.C10H10BNO2.C4H10I/c1-5-33(30,31)29-24-26-20-12-16(22-14(3)28-32-15(22)4)11-18(23(20)27-24)21-13(2)8-9-19-17(21)7-6-10-25-19;1-4-23(20,21)19-14-16-11-6-9(5-10(15)13(11)17-14)12-7(2)18-22-8(12)3;1-7-4-5-9-8(3-2-6-12-9)10(7)11(13)14;1-3-4-5-2/h6-12H,5H2,1-4H3,(H2,26,27,29);5-6H,4H2,1-3H3,(H2,16,17,19);2-6,13-14H,1H3;3-4H2,1-2H3/q;;;-1. The van der Waals surface area contributed by atoms with Gasteiger partial charge in [-0.15, -0.1) is 0 Å². The number of aryl methyl sites for hydroxylation is 6. The van der Waals surface area contributed by atoms with Crippen molar-refractivity contribution in [3.63, 3.8) is 0 Å². The molecule has 394 valence electrons. The molecule has 6 aromatic heterocycles. The van der Waals surface area contributed by atoms with Gasteiger partial charge < -0.3 is 29.1 Å². The van der Waals surface area contributed by atoms with Crippen molar-refractivity contribution in [3.05, 3.63) is 123 Å². The van der Waals surface area contributed by atoms with Crippen LogP contribution in [-0.4, -0.2) is 95.1 Å². The number of rotatable bonds is 12. The van der Waals surface area contributed by atoms with Crippen LogP contribution in [0.4, 0.5) is 11.9 Å². The quantitative estimate of drug-likeness (QED) is 0.0425. The Kier molecular flexibility index (Phi) is 18.4. The monoisotopic (exact) mass is 1280 g/mol. The number of alkyl halides is 2. The van der Waals surface area contributed by atoms with Gasteiger partial charge in [0, 0.05) is 43.4 Å². The fourth-order valence-electron chi connectivity index (χ4n) is 8.43. The van der Waals surface area contributed by atoms with Gasteiger partial charge >= 0.3 is 51.0 Å². The normalized spacial score (nSPS) is 11.5. The summed E-state index contributed by atoms with van der Waals surface area (Å²) in [7, 11) is -8.30. The van der Waals surface area contributed by atoms with Gasteiger partial charge in [-0.25, -0.2) is 26.8 Å². The van der Waals surface area contributed by atoms with Crippen LogP contribution in [-0.2, 0) is 20.0 Å². The molecule has 0 saturated heterocycles. The molecule has 0 bridgehead atoms. The van der Waals surface area contributed by atoms with Crippen molar-refractivity contribution in [3.8, 4) is 33.4 Å². The molecule has 0 radical (unpaired) electrons. The smallest absolute Gasteiger partial charge is 0.423 e. The molecule has 0 fully saturated rings. The third-order valence-electron chi connectivity index (χ3n) is 12.0. The molecule has 0 aliphatic heterocycles. The third kappa shape index (κ3) is 13.2. The van der Waals surface area contributed by atoms with E-state index in [2.05, 4.69) is 90.2 Å². The number of H-pyrrole nitrogens is 2. The average molecular weight is 1280 g/mol. The van der Waals surface area contributed by atoms with E-state index in [0.717, 1.165) is 98.1 Å². The van der Waals surface area contributed by atoms with E-state index in [1.54, 1.807) is 32.3 Å². The van der Waals surface area contributed by atoms with Gasteiger partial charge in [-0.3, -0.25) is 19.4 Å². The van der Waals surface area contributed by atoms with Crippen LogP contribution < -0.4 is 36.1 Å². The van der Waals surface area contributed by atoms with Crippen molar-refractivity contribution in [1.29, 1.82) is 0 Å². The van der Waals surface area contributed by atoms with Gasteiger partial charge in [-0.05, 0) is 154 Å². The molecule has 0 unspecified atom stereocenters. The molecule has 6 heterocycles. The van der Waals surface area contributed by atoms with Crippen molar-refractivity contribution in [2.24, 2.45) is 0 Å². The summed E-state index contributed by atoms with van der Waals surface area (Å²) >= 11 is 2.79. The largest absolute Gasteiger partial charge is 0.489 e. The molecule has 0 atom stereocenters. The Balaban J connectivity index is 0.000000169. The summed E-state index contributed by atoms with van der Waals surface area (Å²) in [6.45, 7) is 16.8. The Morgan fingerprint density at radius 1 is 0.653 bits per heavy atom. The van der Waals surface area contributed by atoms with Crippen LogP contribution in [0.15, 0.2) is 94.2 Å². The number of anilines is 2. The second kappa shape index (κ2) is 24.3. The van der Waals surface area contributed by atoms with Crippen molar-refractivity contribution in [2.75, 3.05) is 30.3 Å². The van der Waals surface area contributed by atoms with Crippen LogP contribution in [0.3, 0.4) is 0 Å². The fourth-order valence-corrected chi connectivity index (χ4v) is 11.3. The van der Waals surface area contributed by atoms with Crippen molar-refractivity contribution >= 4 is 111 Å². The van der Waals surface area contributed by atoms with E-state index in [4.69, 9.17) is 9.05 Å². The molecule has 6 N–H and O–H groups in total. The number of imidazole rings is 2. The van der Waals surface area contributed by atoms with E-state index in [9.17, 15) is 26.9 Å². The Hall–Kier alpha value is -6.00. The van der Waals surface area contributed by atoms with Gasteiger partial charge in [-0.2, -0.15) is 0 Å². The Morgan fingerprint density at radius 2 is 1.15 bits per heavy atom. The van der Waals surface area contributed by atoms with Gasteiger partial charge in [0.05, 0.1) is 50.5 Å². The van der Waals surface area contributed by atoms with Crippen molar-refractivity contribution < 1.29 is 57.1 Å². The number of halogens is 2. The number of sulfonamides is 2. The van der Waals surface area contributed by atoms with Crippen molar-refractivity contribution in [1.82, 2.24) is 40.2 Å². The minimum Gasteiger partial charge on any atom is -0.423 e. The minimum absolute atomic E-state index is 0.00847. The van der Waals surface area contributed by atoms with Crippen molar-refractivity contribution in [2.45, 2.75) is 68.7 Å². The molecular formula is C52H58BI2N10O8S2-. The number of hydrogen-bond donors (Lipinski definition) is 6. The first-order chi connectivity index (χ1) is 35.7. The summed E-state index contributed by atoms with van der Waals surface area (Å²) < 4.78 is 65.7. The van der Waals surface area contributed by atoms with Crippen LogP contribution in [0.1, 0.15) is 61.2 Å². The molecule has 10 aromatic rings. The summed E-state index contributed by atoms with van der Waals surface area (Å²) in [6.07, 6.45) is 4.85. The predicted molar refractivity (Wildman–Crippen MR) is 304 cm³/mol. The number of fused-ring (bicyclic) bond motifs is 4. The summed E-state index contributed by atoms with van der Waals surface area (Å²) in [5.74, 6) is 1.79. The van der Waals surface area contributed by atoms with Gasteiger partial charge in [0.25, 0.3) is 0 Å². The first-order valence-electron chi connectivity index (χ1n) is 23.8. The van der Waals surface area contributed by atoms with E-state index in [0.29, 0.717) is 43.5 Å². The number of pyridine rings is 2. The molecule has 4 aromatic carbocycles. The predicted octanol–water partition coefficient (Wildman–Crippen LogP) is 6.66.